The number of fused-ring (bicyclic) bond motifs is 1. The quantitative estimate of drug-likeness (QED) is 0.281. The lowest BCUT2D eigenvalue weighted by molar-refractivity contribution is -0.00941. The van der Waals surface area contributed by atoms with Crippen LogP contribution in [0.25, 0.3) is 0 Å². The molecule has 9 heteroatoms. The van der Waals surface area contributed by atoms with Crippen LogP contribution in [0.4, 0.5) is 4.79 Å². The number of aromatic nitrogens is 2. The molecule has 0 fully saturated rings. The van der Waals surface area contributed by atoms with Crippen molar-refractivity contribution in [1.82, 2.24) is 14.7 Å². The molecule has 1 aliphatic rings. The molecule has 0 radical (unpaired) electrons. The first-order valence-corrected chi connectivity index (χ1v) is 13.3. The molecule has 39 heavy (non-hydrogen) atoms. The zero-order chi connectivity index (χ0) is 28.5. The van der Waals surface area contributed by atoms with E-state index in [1.165, 1.54) is 0 Å². The van der Waals surface area contributed by atoms with Crippen molar-refractivity contribution in [2.24, 2.45) is 0 Å². The molecule has 2 aromatic carbocycles. The number of carbonyl (C=O) groups is 2. The highest BCUT2D eigenvalue weighted by Gasteiger charge is 2.40. The number of amides is 1. The van der Waals surface area contributed by atoms with Gasteiger partial charge in [0.05, 0.1) is 18.3 Å². The highest BCUT2D eigenvalue weighted by atomic mass is 16.8. The molecule has 0 saturated heterocycles. The van der Waals surface area contributed by atoms with Crippen molar-refractivity contribution in [1.29, 1.82) is 0 Å². The number of hydrogen-bond acceptors (Lipinski definition) is 7. The minimum Gasteiger partial charge on any atom is -0.451 e. The summed E-state index contributed by atoms with van der Waals surface area (Å²) in [5, 5.41) is 4.40. The Kier molecular flexibility index (Phi) is 10.3. The molecule has 0 saturated carbocycles. The topological polar surface area (TPSA) is 100.0 Å². The van der Waals surface area contributed by atoms with Crippen LogP contribution in [0.5, 0.6) is 5.75 Å². The predicted octanol–water partition coefficient (Wildman–Crippen LogP) is 5.40. The Labute approximate surface area is 229 Å². The van der Waals surface area contributed by atoms with Crippen molar-refractivity contribution in [3.63, 3.8) is 0 Å². The first-order chi connectivity index (χ1) is 18.8. The lowest BCUT2D eigenvalue weighted by Crippen LogP contribution is -2.50. The van der Waals surface area contributed by atoms with Crippen LogP contribution in [0.2, 0.25) is 0 Å². The average Bonchev–Trinajstić information content (AvgIpc) is 2.93. The molecule has 3 aromatic rings. The van der Waals surface area contributed by atoms with Gasteiger partial charge in [0.2, 0.25) is 18.0 Å². The zero-order valence-electron chi connectivity index (χ0n) is 23.4. The summed E-state index contributed by atoms with van der Waals surface area (Å²) in [6.45, 7) is 11.0. The van der Waals surface area contributed by atoms with Crippen LogP contribution < -0.4 is 10.2 Å². The number of hydrogen-bond donors (Lipinski definition) is 0. The largest absolute Gasteiger partial charge is 0.511 e. The molecule has 1 aromatic heterocycles. The normalized spacial score (nSPS) is 14.5. The molecule has 0 N–H and O–H groups in total. The number of rotatable bonds is 8. The molecule has 2 heterocycles. The van der Waals surface area contributed by atoms with E-state index >= 15 is 0 Å². The maximum atomic E-state index is 13.6. The number of ether oxygens (including phenoxy) is 3. The predicted molar refractivity (Wildman–Crippen MR) is 148 cm³/mol. The van der Waals surface area contributed by atoms with E-state index in [0.717, 1.165) is 17.3 Å². The molecule has 0 unspecified atom stereocenters. The van der Waals surface area contributed by atoms with Gasteiger partial charge in [0.15, 0.2) is 5.69 Å². The Bertz CT molecular complexity index is 1250. The van der Waals surface area contributed by atoms with Crippen LogP contribution in [-0.2, 0) is 9.47 Å². The smallest absolute Gasteiger partial charge is 0.451 e. The Morgan fingerprint density at radius 3 is 2.03 bits per heavy atom. The standard InChI is InChI=1S/C28H31N3O6.C2H6/c1-18(2)30-16-22(24(20-11-7-5-8-12-20)21-13-9-6-10-14-21)31-25(27(30)33)26(23(32)15-29-31)35-17-36-28(34)37-19(3)4;1-2/h5-15,18-19,22,24H,16-17H2,1-4H3;1-2H3/t22-;/m1./s1. The fraction of sp³-hybridized carbons (Fsp3) is 0.400. The van der Waals surface area contributed by atoms with E-state index in [0.29, 0.717) is 6.54 Å². The van der Waals surface area contributed by atoms with E-state index in [1.807, 2.05) is 88.4 Å². The highest BCUT2D eigenvalue weighted by molar-refractivity contribution is 5.96. The van der Waals surface area contributed by atoms with Crippen LogP contribution in [0.1, 0.15) is 75.1 Å². The van der Waals surface area contributed by atoms with Crippen LogP contribution in [0.15, 0.2) is 71.7 Å². The van der Waals surface area contributed by atoms with E-state index < -0.39 is 18.4 Å². The second-order valence-corrected chi connectivity index (χ2v) is 9.37. The fourth-order valence-electron chi connectivity index (χ4n) is 4.55. The molecule has 1 aliphatic heterocycles. The van der Waals surface area contributed by atoms with Crippen LogP contribution >= 0.6 is 0 Å². The van der Waals surface area contributed by atoms with Gasteiger partial charge < -0.3 is 19.1 Å². The summed E-state index contributed by atoms with van der Waals surface area (Å²) < 4.78 is 17.0. The third-order valence-corrected chi connectivity index (χ3v) is 6.17. The van der Waals surface area contributed by atoms with E-state index in [4.69, 9.17) is 14.2 Å². The molecule has 0 bridgehead atoms. The van der Waals surface area contributed by atoms with E-state index in [-0.39, 0.29) is 41.5 Å². The van der Waals surface area contributed by atoms with Crippen molar-refractivity contribution < 1.29 is 23.8 Å². The molecule has 0 spiro atoms. The number of nitrogens with zero attached hydrogens (tertiary/aromatic N) is 3. The van der Waals surface area contributed by atoms with Crippen molar-refractivity contribution in [2.45, 2.75) is 65.6 Å². The van der Waals surface area contributed by atoms with Gasteiger partial charge in [-0.3, -0.25) is 14.3 Å². The van der Waals surface area contributed by atoms with Gasteiger partial charge in [-0.1, -0.05) is 74.5 Å². The minimum absolute atomic E-state index is 0.0233. The van der Waals surface area contributed by atoms with Crippen LogP contribution in [0.3, 0.4) is 0 Å². The fourth-order valence-corrected chi connectivity index (χ4v) is 4.55. The van der Waals surface area contributed by atoms with Gasteiger partial charge in [-0.05, 0) is 38.8 Å². The second-order valence-electron chi connectivity index (χ2n) is 9.37. The van der Waals surface area contributed by atoms with Crippen LogP contribution in [-0.4, -0.2) is 52.2 Å². The third-order valence-electron chi connectivity index (χ3n) is 6.17. The van der Waals surface area contributed by atoms with Crippen molar-refractivity contribution in [2.75, 3.05) is 13.3 Å². The first kappa shape index (κ1) is 29.4. The van der Waals surface area contributed by atoms with E-state index in [2.05, 4.69) is 5.10 Å². The molecular formula is C30H37N3O6. The van der Waals surface area contributed by atoms with E-state index in [9.17, 15) is 14.4 Å². The maximum Gasteiger partial charge on any atom is 0.511 e. The third kappa shape index (κ3) is 6.85. The minimum atomic E-state index is -0.931. The first-order valence-electron chi connectivity index (χ1n) is 13.3. The maximum absolute atomic E-state index is 13.6. The summed E-state index contributed by atoms with van der Waals surface area (Å²) in [4.78, 5) is 40.0. The van der Waals surface area contributed by atoms with Gasteiger partial charge in [-0.25, -0.2) is 4.79 Å². The van der Waals surface area contributed by atoms with Crippen molar-refractivity contribution in [3.05, 3.63) is 93.9 Å². The summed E-state index contributed by atoms with van der Waals surface area (Å²) in [7, 11) is 0. The zero-order valence-corrected chi connectivity index (χ0v) is 23.4. The monoisotopic (exact) mass is 535 g/mol. The Balaban J connectivity index is 0.00000205. The van der Waals surface area contributed by atoms with Gasteiger partial charge in [0.1, 0.15) is 0 Å². The molecule has 208 valence electrons. The summed E-state index contributed by atoms with van der Waals surface area (Å²) >= 11 is 0. The summed E-state index contributed by atoms with van der Waals surface area (Å²) in [6, 6.07) is 19.5. The van der Waals surface area contributed by atoms with Crippen LogP contribution in [0, 0.1) is 0 Å². The van der Waals surface area contributed by atoms with Gasteiger partial charge in [0.25, 0.3) is 5.91 Å². The molecule has 0 aliphatic carbocycles. The molecule has 9 nitrogen and oxygen atoms in total. The SMILES string of the molecule is CC.CC(C)OC(=O)OCOc1c2n(ncc1=O)[C@@H](C(c1ccccc1)c1ccccc1)CN(C(C)C)C2=O. The summed E-state index contributed by atoms with van der Waals surface area (Å²) in [5.41, 5.74) is 1.53. The lowest BCUT2D eigenvalue weighted by Gasteiger charge is -2.41. The summed E-state index contributed by atoms with van der Waals surface area (Å²) in [6.07, 6.45) is -0.176. The van der Waals surface area contributed by atoms with Gasteiger partial charge in [-0.2, -0.15) is 5.10 Å². The highest BCUT2D eigenvalue weighted by Crippen LogP contribution is 2.39. The average molecular weight is 536 g/mol. The molecular weight excluding hydrogens is 498 g/mol. The lowest BCUT2D eigenvalue weighted by atomic mass is 9.83. The summed E-state index contributed by atoms with van der Waals surface area (Å²) in [5.74, 6) is -0.765. The Morgan fingerprint density at radius 2 is 1.51 bits per heavy atom. The molecule has 4 rings (SSSR count). The Hall–Kier alpha value is -4.14. The molecule has 1 amide bonds. The van der Waals surface area contributed by atoms with Gasteiger partial charge >= 0.3 is 6.16 Å². The van der Waals surface area contributed by atoms with Crippen molar-refractivity contribution >= 4 is 12.1 Å². The van der Waals surface area contributed by atoms with Crippen molar-refractivity contribution in [3.8, 4) is 5.75 Å². The Morgan fingerprint density at radius 1 is 0.949 bits per heavy atom. The number of carbonyl (C=O) groups excluding carboxylic acids is 2. The second kappa shape index (κ2) is 13.6. The number of benzene rings is 2. The molecule has 1 atom stereocenters. The van der Waals surface area contributed by atoms with E-state index in [1.54, 1.807) is 23.4 Å². The van der Waals surface area contributed by atoms with Gasteiger partial charge in [0, 0.05) is 18.5 Å². The van der Waals surface area contributed by atoms with Gasteiger partial charge in [-0.15, -0.1) is 0 Å².